The Morgan fingerprint density at radius 1 is 1.48 bits per heavy atom. The van der Waals surface area contributed by atoms with Crippen LogP contribution in [0.5, 0.6) is 0 Å². The van der Waals surface area contributed by atoms with Gasteiger partial charge in [-0.25, -0.2) is 4.79 Å². The number of nitro groups is 1. The number of nitrogen functional groups attached to an aromatic ring is 1. The zero-order chi connectivity index (χ0) is 15.6. The van der Waals surface area contributed by atoms with E-state index in [1.54, 1.807) is 0 Å². The average molecular weight is 293 g/mol. The summed E-state index contributed by atoms with van der Waals surface area (Å²) < 4.78 is 4.99. The molecule has 3 N–H and O–H groups in total. The number of nitrogens with two attached hydrogens (primary N) is 1. The third kappa shape index (κ3) is 3.68. The highest BCUT2D eigenvalue weighted by Gasteiger charge is 2.28. The number of amides is 1. The molecule has 0 aliphatic heterocycles. The van der Waals surface area contributed by atoms with Crippen molar-refractivity contribution in [2.45, 2.75) is 31.9 Å². The van der Waals surface area contributed by atoms with Crippen LogP contribution in [-0.2, 0) is 9.53 Å². The number of rotatable bonds is 5. The molecule has 112 valence electrons. The number of hydrogen-bond acceptors (Lipinski definition) is 6. The first-order valence-electron chi connectivity index (χ1n) is 6.43. The van der Waals surface area contributed by atoms with E-state index in [1.165, 1.54) is 19.1 Å². The normalized spacial score (nSPS) is 15.1. The molecule has 1 saturated carbocycles. The molecule has 1 atom stereocenters. The molecule has 0 saturated heterocycles. The van der Waals surface area contributed by atoms with E-state index in [0.29, 0.717) is 0 Å². The maximum absolute atomic E-state index is 12.0. The van der Waals surface area contributed by atoms with Crippen LogP contribution in [-0.4, -0.2) is 28.9 Å². The molecule has 8 heteroatoms. The molecule has 0 bridgehead atoms. The molecule has 0 spiro atoms. The maximum Gasteiger partial charge on any atom is 0.341 e. The Morgan fingerprint density at radius 2 is 2.14 bits per heavy atom. The van der Waals surface area contributed by atoms with Crippen LogP contribution in [0.25, 0.3) is 0 Å². The van der Waals surface area contributed by atoms with Crippen LogP contribution in [0.15, 0.2) is 18.2 Å². The van der Waals surface area contributed by atoms with Crippen LogP contribution < -0.4 is 11.1 Å². The summed E-state index contributed by atoms with van der Waals surface area (Å²) in [6.07, 6.45) is 0.853. The van der Waals surface area contributed by atoms with Crippen LogP contribution in [0.4, 0.5) is 11.4 Å². The topological polar surface area (TPSA) is 125 Å². The predicted octanol–water partition coefficient (Wildman–Crippen LogP) is 1.00. The van der Waals surface area contributed by atoms with Gasteiger partial charge in [-0.15, -0.1) is 0 Å². The van der Waals surface area contributed by atoms with Crippen molar-refractivity contribution >= 4 is 23.3 Å². The van der Waals surface area contributed by atoms with Crippen molar-refractivity contribution in [3.63, 3.8) is 0 Å². The molecule has 0 heterocycles. The van der Waals surface area contributed by atoms with E-state index in [4.69, 9.17) is 10.5 Å². The number of carbonyl (C=O) groups is 2. The molecule has 0 aromatic heterocycles. The summed E-state index contributed by atoms with van der Waals surface area (Å²) >= 11 is 0. The number of benzene rings is 1. The van der Waals surface area contributed by atoms with Crippen LogP contribution in [0.2, 0.25) is 0 Å². The number of esters is 1. The van der Waals surface area contributed by atoms with Gasteiger partial charge in [0, 0.05) is 23.9 Å². The lowest BCUT2D eigenvalue weighted by molar-refractivity contribution is -0.384. The van der Waals surface area contributed by atoms with Gasteiger partial charge in [0.2, 0.25) is 0 Å². The number of hydrogen-bond donors (Lipinski definition) is 2. The number of ether oxygens (including phenoxy) is 1. The molecule has 21 heavy (non-hydrogen) atoms. The van der Waals surface area contributed by atoms with E-state index < -0.39 is 22.9 Å². The van der Waals surface area contributed by atoms with Gasteiger partial charge in [-0.1, -0.05) is 0 Å². The Labute approximate surface area is 120 Å². The number of anilines is 1. The maximum atomic E-state index is 12.0. The molecule has 1 aromatic carbocycles. The summed E-state index contributed by atoms with van der Waals surface area (Å²) in [5.74, 6) is -1.26. The summed E-state index contributed by atoms with van der Waals surface area (Å²) in [5, 5.41) is 13.4. The fourth-order valence-corrected chi connectivity index (χ4v) is 1.66. The first-order valence-corrected chi connectivity index (χ1v) is 6.43. The summed E-state index contributed by atoms with van der Waals surface area (Å²) in [6.45, 7) is 1.43. The molecule has 1 aliphatic rings. The fraction of sp³-hybridized carbons (Fsp3) is 0.385. The van der Waals surface area contributed by atoms with Crippen molar-refractivity contribution < 1.29 is 19.2 Å². The third-order valence-corrected chi connectivity index (χ3v) is 3.04. The van der Waals surface area contributed by atoms with E-state index >= 15 is 0 Å². The zero-order valence-electron chi connectivity index (χ0n) is 11.4. The Bertz CT molecular complexity index is 597. The number of carbonyl (C=O) groups excluding carboxylic acids is 2. The minimum absolute atomic E-state index is 0.0559. The standard InChI is InChI=1S/C13H15N3O5/c1-7(12(17)15-8-2-3-8)21-13(18)10-6-9(16(19)20)4-5-11(10)14/h4-8H,2-3,14H2,1H3,(H,15,17)/t7-/m1/s1. The quantitative estimate of drug-likeness (QED) is 0.361. The second kappa shape index (κ2) is 5.78. The van der Waals surface area contributed by atoms with Crippen molar-refractivity contribution in [3.8, 4) is 0 Å². The minimum atomic E-state index is -0.989. The van der Waals surface area contributed by atoms with Gasteiger partial charge >= 0.3 is 5.97 Å². The summed E-state index contributed by atoms with van der Waals surface area (Å²) in [6, 6.07) is 3.63. The first-order chi connectivity index (χ1) is 9.88. The van der Waals surface area contributed by atoms with E-state index in [9.17, 15) is 19.7 Å². The molecule has 1 aromatic rings. The number of nitro benzene ring substituents is 1. The van der Waals surface area contributed by atoms with Crippen molar-refractivity contribution in [2.24, 2.45) is 0 Å². The molecule has 2 rings (SSSR count). The van der Waals surface area contributed by atoms with Gasteiger partial charge in [-0.05, 0) is 25.8 Å². The summed E-state index contributed by atoms with van der Waals surface area (Å²) in [5.41, 5.74) is 5.26. The third-order valence-electron chi connectivity index (χ3n) is 3.04. The van der Waals surface area contributed by atoms with Gasteiger partial charge in [-0.3, -0.25) is 14.9 Å². The highest BCUT2D eigenvalue weighted by atomic mass is 16.6. The molecular weight excluding hydrogens is 278 g/mol. The van der Waals surface area contributed by atoms with Gasteiger partial charge in [0.15, 0.2) is 6.10 Å². The molecule has 1 amide bonds. The molecule has 1 fully saturated rings. The first kappa shape index (κ1) is 14.8. The molecule has 0 radical (unpaired) electrons. The number of nitrogens with one attached hydrogen (secondary N) is 1. The minimum Gasteiger partial charge on any atom is -0.449 e. The monoisotopic (exact) mass is 293 g/mol. The van der Waals surface area contributed by atoms with Gasteiger partial charge in [0.05, 0.1) is 10.5 Å². The van der Waals surface area contributed by atoms with E-state index in [2.05, 4.69) is 5.32 Å². The Kier molecular flexibility index (Phi) is 4.06. The van der Waals surface area contributed by atoms with Crippen molar-refractivity contribution in [1.82, 2.24) is 5.32 Å². The lowest BCUT2D eigenvalue weighted by Gasteiger charge is -2.13. The largest absolute Gasteiger partial charge is 0.449 e. The van der Waals surface area contributed by atoms with Gasteiger partial charge in [0.1, 0.15) is 0 Å². The molecule has 1 aliphatic carbocycles. The van der Waals surface area contributed by atoms with E-state index in [1.807, 2.05) is 0 Å². The van der Waals surface area contributed by atoms with Crippen molar-refractivity contribution in [1.29, 1.82) is 0 Å². The Balaban J connectivity index is 2.06. The van der Waals surface area contributed by atoms with Crippen LogP contribution >= 0.6 is 0 Å². The summed E-state index contributed by atoms with van der Waals surface area (Å²) in [7, 11) is 0. The lowest BCUT2D eigenvalue weighted by Crippen LogP contribution is -2.37. The highest BCUT2D eigenvalue weighted by Crippen LogP contribution is 2.21. The highest BCUT2D eigenvalue weighted by molar-refractivity contribution is 5.97. The van der Waals surface area contributed by atoms with Gasteiger partial charge in [-0.2, -0.15) is 0 Å². The lowest BCUT2D eigenvalue weighted by atomic mass is 10.1. The van der Waals surface area contributed by atoms with Crippen LogP contribution in [0.1, 0.15) is 30.1 Å². The SMILES string of the molecule is C[C@@H](OC(=O)c1cc([N+](=O)[O-])ccc1N)C(=O)NC1CC1. The second-order valence-corrected chi connectivity index (χ2v) is 4.86. The van der Waals surface area contributed by atoms with Gasteiger partial charge in [0.25, 0.3) is 11.6 Å². The summed E-state index contributed by atoms with van der Waals surface area (Å²) in [4.78, 5) is 33.7. The fourth-order valence-electron chi connectivity index (χ4n) is 1.66. The Morgan fingerprint density at radius 3 is 2.71 bits per heavy atom. The average Bonchev–Trinajstić information content (AvgIpc) is 3.22. The smallest absolute Gasteiger partial charge is 0.341 e. The Hall–Kier alpha value is -2.64. The van der Waals surface area contributed by atoms with Gasteiger partial charge < -0.3 is 15.8 Å². The number of nitrogens with zero attached hydrogens (tertiary/aromatic N) is 1. The second-order valence-electron chi connectivity index (χ2n) is 4.86. The van der Waals surface area contributed by atoms with Crippen molar-refractivity contribution in [2.75, 3.05) is 5.73 Å². The molecule has 0 unspecified atom stereocenters. The van der Waals surface area contributed by atoms with E-state index in [0.717, 1.165) is 18.9 Å². The predicted molar refractivity (Wildman–Crippen MR) is 73.6 cm³/mol. The molecule has 8 nitrogen and oxygen atoms in total. The van der Waals surface area contributed by atoms with Crippen LogP contribution in [0.3, 0.4) is 0 Å². The van der Waals surface area contributed by atoms with Crippen LogP contribution in [0, 0.1) is 10.1 Å². The number of non-ortho nitro benzene ring substituents is 1. The zero-order valence-corrected chi connectivity index (χ0v) is 11.4. The van der Waals surface area contributed by atoms with E-state index in [-0.39, 0.29) is 23.0 Å². The molecular formula is C13H15N3O5. The van der Waals surface area contributed by atoms with Crippen molar-refractivity contribution in [3.05, 3.63) is 33.9 Å².